The van der Waals surface area contributed by atoms with E-state index in [1.165, 1.54) is 6.42 Å². The van der Waals surface area contributed by atoms with Gasteiger partial charge < -0.3 is 15.4 Å². The van der Waals surface area contributed by atoms with Crippen LogP contribution in [-0.4, -0.2) is 36.0 Å². The molecule has 0 bridgehead atoms. The van der Waals surface area contributed by atoms with E-state index in [0.29, 0.717) is 0 Å². The quantitative estimate of drug-likeness (QED) is 0.850. The summed E-state index contributed by atoms with van der Waals surface area (Å²) in [5.74, 6) is -0.00625. The van der Waals surface area contributed by atoms with Crippen LogP contribution in [0.15, 0.2) is 30.3 Å². The number of hydrogen-bond donors (Lipinski definition) is 1. The molecule has 2 unspecified atom stereocenters. The first-order valence-corrected chi connectivity index (χ1v) is 7.41. The fourth-order valence-corrected chi connectivity index (χ4v) is 3.41. The summed E-state index contributed by atoms with van der Waals surface area (Å²) in [5, 5.41) is 0. The summed E-state index contributed by atoms with van der Waals surface area (Å²) < 4.78 is 6.27. The summed E-state index contributed by atoms with van der Waals surface area (Å²) in [5.41, 5.74) is 7.18. The van der Waals surface area contributed by atoms with Crippen LogP contribution < -0.4 is 5.73 Å². The van der Waals surface area contributed by atoms with Crippen molar-refractivity contribution in [1.82, 2.24) is 4.90 Å². The van der Waals surface area contributed by atoms with E-state index in [2.05, 4.69) is 0 Å². The largest absolute Gasteiger partial charge is 0.366 e. The second-order valence-electron chi connectivity index (χ2n) is 5.83. The molecule has 1 amide bonds. The lowest BCUT2D eigenvalue weighted by Crippen LogP contribution is -2.48. The molecular formula is C16H22N2O2. The van der Waals surface area contributed by atoms with Crippen LogP contribution >= 0.6 is 0 Å². The number of ether oxygens (including phenoxy) is 1. The fourth-order valence-electron chi connectivity index (χ4n) is 3.41. The van der Waals surface area contributed by atoms with Crippen LogP contribution in [0.2, 0.25) is 0 Å². The van der Waals surface area contributed by atoms with Crippen LogP contribution in [0.5, 0.6) is 0 Å². The maximum atomic E-state index is 12.5. The van der Waals surface area contributed by atoms with Crippen molar-refractivity contribution in [2.24, 2.45) is 5.73 Å². The molecule has 2 aliphatic rings. The number of fused-ring (bicyclic) bond motifs is 1. The Hall–Kier alpha value is -1.39. The number of hydrogen-bond acceptors (Lipinski definition) is 3. The van der Waals surface area contributed by atoms with Crippen molar-refractivity contribution < 1.29 is 9.53 Å². The van der Waals surface area contributed by atoms with E-state index < -0.39 is 6.04 Å². The van der Waals surface area contributed by atoms with Crippen LogP contribution in [0.1, 0.15) is 37.4 Å². The minimum Gasteiger partial charge on any atom is -0.366 e. The standard InChI is InChI=1S/C16H22N2O2/c1-18-12-9-5-6-10-13(12)20-15(14(17)16(18)19)11-7-3-2-4-8-11/h2-4,7-8,12-15H,5-6,9-10,17H2,1H3/t12?,13-,14?,15+/m0/s1. The van der Waals surface area contributed by atoms with Crippen molar-refractivity contribution in [2.75, 3.05) is 7.05 Å². The van der Waals surface area contributed by atoms with Gasteiger partial charge in [0.25, 0.3) is 0 Å². The molecule has 108 valence electrons. The highest BCUT2D eigenvalue weighted by Crippen LogP contribution is 2.34. The van der Waals surface area contributed by atoms with Crippen molar-refractivity contribution in [1.29, 1.82) is 0 Å². The first-order chi connectivity index (χ1) is 9.68. The number of benzene rings is 1. The molecule has 3 rings (SSSR count). The van der Waals surface area contributed by atoms with Gasteiger partial charge in [-0.2, -0.15) is 0 Å². The van der Waals surface area contributed by atoms with Crippen LogP contribution in [0.25, 0.3) is 0 Å². The number of nitrogens with zero attached hydrogens (tertiary/aromatic N) is 1. The Kier molecular flexibility index (Phi) is 3.76. The highest BCUT2D eigenvalue weighted by atomic mass is 16.5. The summed E-state index contributed by atoms with van der Waals surface area (Å²) in [6, 6.07) is 9.42. The molecule has 1 aromatic carbocycles. The molecule has 0 radical (unpaired) electrons. The Morgan fingerprint density at radius 1 is 1.20 bits per heavy atom. The summed E-state index contributed by atoms with van der Waals surface area (Å²) in [6.45, 7) is 0. The minimum absolute atomic E-state index is 0.00625. The third kappa shape index (κ3) is 2.34. The van der Waals surface area contributed by atoms with E-state index in [4.69, 9.17) is 10.5 Å². The maximum Gasteiger partial charge on any atom is 0.242 e. The number of amides is 1. The number of nitrogens with two attached hydrogens (primary N) is 1. The van der Waals surface area contributed by atoms with Crippen molar-refractivity contribution in [3.8, 4) is 0 Å². The van der Waals surface area contributed by atoms with Gasteiger partial charge in [-0.1, -0.05) is 43.2 Å². The minimum atomic E-state index is -0.618. The Morgan fingerprint density at radius 3 is 2.65 bits per heavy atom. The number of carbonyl (C=O) groups excluding carboxylic acids is 1. The van der Waals surface area contributed by atoms with Crippen molar-refractivity contribution in [3.63, 3.8) is 0 Å². The third-order valence-corrected chi connectivity index (χ3v) is 4.57. The Morgan fingerprint density at radius 2 is 1.90 bits per heavy atom. The lowest BCUT2D eigenvalue weighted by atomic mass is 9.91. The van der Waals surface area contributed by atoms with Gasteiger partial charge in [0.15, 0.2) is 0 Å². The summed E-state index contributed by atoms with van der Waals surface area (Å²) >= 11 is 0. The van der Waals surface area contributed by atoms with E-state index >= 15 is 0 Å². The fraction of sp³-hybridized carbons (Fsp3) is 0.562. The molecule has 1 aliphatic heterocycles. The SMILES string of the molecule is CN1C(=O)C(N)[C@@H](c2ccccc2)O[C@H]2CCCCC21. The molecule has 2 fully saturated rings. The molecule has 1 saturated carbocycles. The zero-order chi connectivity index (χ0) is 14.1. The average Bonchev–Trinajstić information content (AvgIpc) is 2.60. The molecule has 20 heavy (non-hydrogen) atoms. The predicted octanol–water partition coefficient (Wildman–Crippen LogP) is 1.85. The van der Waals surface area contributed by atoms with Gasteiger partial charge in [0.2, 0.25) is 5.91 Å². The van der Waals surface area contributed by atoms with Gasteiger partial charge in [-0.15, -0.1) is 0 Å². The monoisotopic (exact) mass is 274 g/mol. The van der Waals surface area contributed by atoms with Gasteiger partial charge in [-0.3, -0.25) is 4.79 Å². The van der Waals surface area contributed by atoms with E-state index in [1.54, 1.807) is 0 Å². The van der Waals surface area contributed by atoms with Crippen molar-refractivity contribution >= 4 is 5.91 Å². The second kappa shape index (κ2) is 5.54. The number of rotatable bonds is 1. The molecule has 1 aliphatic carbocycles. The predicted molar refractivity (Wildman–Crippen MR) is 77.1 cm³/mol. The topological polar surface area (TPSA) is 55.6 Å². The van der Waals surface area contributed by atoms with Crippen LogP contribution in [0.4, 0.5) is 0 Å². The first-order valence-electron chi connectivity index (χ1n) is 7.41. The summed E-state index contributed by atoms with van der Waals surface area (Å²) in [7, 11) is 1.86. The zero-order valence-electron chi connectivity index (χ0n) is 11.9. The van der Waals surface area contributed by atoms with Crippen LogP contribution in [-0.2, 0) is 9.53 Å². The highest BCUT2D eigenvalue weighted by Gasteiger charge is 2.42. The Bertz CT molecular complexity index is 477. The van der Waals surface area contributed by atoms with Crippen molar-refractivity contribution in [2.45, 2.75) is 50.0 Å². The van der Waals surface area contributed by atoms with E-state index in [-0.39, 0.29) is 24.2 Å². The number of likely N-dealkylation sites (N-methyl/N-ethyl adjacent to an activating group) is 1. The van der Waals surface area contributed by atoms with Gasteiger partial charge in [-0.25, -0.2) is 0 Å². The molecule has 1 aromatic rings. The highest BCUT2D eigenvalue weighted by molar-refractivity contribution is 5.83. The normalized spacial score (nSPS) is 34.5. The Labute approximate surface area is 119 Å². The van der Waals surface area contributed by atoms with Gasteiger partial charge in [-0.05, 0) is 18.4 Å². The molecule has 2 N–H and O–H groups in total. The van der Waals surface area contributed by atoms with E-state index in [9.17, 15) is 4.79 Å². The molecule has 1 heterocycles. The zero-order valence-corrected chi connectivity index (χ0v) is 11.9. The third-order valence-electron chi connectivity index (χ3n) is 4.57. The first kappa shape index (κ1) is 13.6. The van der Waals surface area contributed by atoms with Gasteiger partial charge in [0.05, 0.1) is 12.1 Å². The molecular weight excluding hydrogens is 252 g/mol. The summed E-state index contributed by atoms with van der Waals surface area (Å²) in [6.07, 6.45) is 4.13. The second-order valence-corrected chi connectivity index (χ2v) is 5.83. The molecule has 4 nitrogen and oxygen atoms in total. The van der Waals surface area contributed by atoms with E-state index in [0.717, 1.165) is 24.8 Å². The smallest absolute Gasteiger partial charge is 0.242 e. The lowest BCUT2D eigenvalue weighted by molar-refractivity contribution is -0.133. The van der Waals surface area contributed by atoms with Gasteiger partial charge in [0.1, 0.15) is 12.1 Å². The number of carbonyl (C=O) groups is 1. The van der Waals surface area contributed by atoms with Gasteiger partial charge >= 0.3 is 0 Å². The summed E-state index contributed by atoms with van der Waals surface area (Å²) in [4.78, 5) is 14.3. The maximum absolute atomic E-state index is 12.5. The van der Waals surface area contributed by atoms with Crippen LogP contribution in [0.3, 0.4) is 0 Å². The molecule has 4 heteroatoms. The molecule has 4 atom stereocenters. The average molecular weight is 274 g/mol. The lowest BCUT2D eigenvalue weighted by Gasteiger charge is -2.35. The van der Waals surface area contributed by atoms with Crippen molar-refractivity contribution in [3.05, 3.63) is 35.9 Å². The van der Waals surface area contributed by atoms with Gasteiger partial charge in [0, 0.05) is 7.05 Å². The Balaban J connectivity index is 1.93. The molecule has 1 saturated heterocycles. The van der Waals surface area contributed by atoms with Crippen LogP contribution in [0, 0.1) is 0 Å². The molecule has 0 spiro atoms. The van der Waals surface area contributed by atoms with E-state index in [1.807, 2.05) is 42.3 Å². The molecule has 0 aromatic heterocycles.